The van der Waals surface area contributed by atoms with Crippen LogP contribution >= 0.6 is 0 Å². The van der Waals surface area contributed by atoms with Gasteiger partial charge in [-0.3, -0.25) is 19.5 Å². The monoisotopic (exact) mass is 451 g/mol. The first-order valence-corrected chi connectivity index (χ1v) is 11.1. The number of hydrogen-bond donors (Lipinski definition) is 2. The molecule has 0 atom stereocenters. The molecular formula is C27H25N5O2. The molecule has 4 aromatic rings. The van der Waals surface area contributed by atoms with E-state index in [0.717, 1.165) is 55.8 Å². The van der Waals surface area contributed by atoms with E-state index in [1.807, 2.05) is 45.3 Å². The zero-order chi connectivity index (χ0) is 24.1. The Balaban J connectivity index is 1.72. The van der Waals surface area contributed by atoms with Gasteiger partial charge in [0.05, 0.1) is 28.9 Å². The lowest BCUT2D eigenvalue weighted by Crippen LogP contribution is -2.25. The Labute approximate surface area is 197 Å². The molecule has 1 aliphatic heterocycles. The third-order valence-electron chi connectivity index (χ3n) is 6.63. The van der Waals surface area contributed by atoms with Gasteiger partial charge in [0, 0.05) is 36.5 Å². The second-order valence-corrected chi connectivity index (χ2v) is 8.66. The molecule has 1 aliphatic rings. The fourth-order valence-electron chi connectivity index (χ4n) is 4.81. The summed E-state index contributed by atoms with van der Waals surface area (Å²) in [6.07, 6.45) is 3.89. The number of aryl methyl sites for hydroxylation is 1. The van der Waals surface area contributed by atoms with Crippen LogP contribution in [0.2, 0.25) is 0 Å². The summed E-state index contributed by atoms with van der Waals surface area (Å²) in [5.41, 5.74) is 14.0. The Kier molecular flexibility index (Phi) is 5.05. The number of aromatic nitrogens is 2. The molecule has 0 unspecified atom stereocenters. The lowest BCUT2D eigenvalue weighted by molar-refractivity contribution is -0.116. The maximum atomic E-state index is 13.2. The molecule has 0 saturated heterocycles. The molecule has 0 aliphatic carbocycles. The van der Waals surface area contributed by atoms with Crippen LogP contribution in [0.25, 0.3) is 22.0 Å². The predicted molar refractivity (Wildman–Crippen MR) is 135 cm³/mol. The van der Waals surface area contributed by atoms with Crippen molar-refractivity contribution in [2.75, 3.05) is 17.3 Å². The Morgan fingerprint density at radius 3 is 2.59 bits per heavy atom. The van der Waals surface area contributed by atoms with Gasteiger partial charge in [-0.15, -0.1) is 0 Å². The highest BCUT2D eigenvalue weighted by atomic mass is 16.2. The lowest BCUT2D eigenvalue weighted by atomic mass is 9.91. The average molecular weight is 452 g/mol. The summed E-state index contributed by atoms with van der Waals surface area (Å²) < 4.78 is 0. The first-order chi connectivity index (χ1) is 16.3. The third kappa shape index (κ3) is 3.28. The first-order valence-electron chi connectivity index (χ1n) is 11.1. The van der Waals surface area contributed by atoms with E-state index in [4.69, 9.17) is 5.73 Å². The van der Waals surface area contributed by atoms with E-state index in [0.29, 0.717) is 11.3 Å². The molecule has 0 radical (unpaired) electrons. The molecular weight excluding hydrogens is 426 g/mol. The predicted octanol–water partition coefficient (Wildman–Crippen LogP) is 4.58. The van der Waals surface area contributed by atoms with E-state index in [9.17, 15) is 9.59 Å². The van der Waals surface area contributed by atoms with Crippen LogP contribution in [0, 0.1) is 20.8 Å². The second kappa shape index (κ2) is 7.95. The van der Waals surface area contributed by atoms with Gasteiger partial charge in [0.15, 0.2) is 0 Å². The van der Waals surface area contributed by atoms with Gasteiger partial charge in [-0.05, 0) is 66.8 Å². The summed E-state index contributed by atoms with van der Waals surface area (Å²) in [6, 6.07) is 11.3. The molecule has 5 rings (SSSR count). The highest BCUT2D eigenvalue weighted by Gasteiger charge is 2.34. The van der Waals surface area contributed by atoms with E-state index < -0.39 is 5.91 Å². The highest BCUT2D eigenvalue weighted by molar-refractivity contribution is 6.14. The molecule has 7 nitrogen and oxygen atoms in total. The minimum Gasteiger partial charge on any atom is -0.373 e. The summed E-state index contributed by atoms with van der Waals surface area (Å²) in [7, 11) is 1.82. The number of carbonyl (C=O) groups is 2. The van der Waals surface area contributed by atoms with E-state index in [2.05, 4.69) is 28.3 Å². The SMILES string of the molecule is CNc1cc2ncc(-c3c(C)c(C)cc(N4C(=O)Cc5cccc(C(N)=O)c54)c3C)cc2cn1. The molecule has 3 heterocycles. The minimum absolute atomic E-state index is 0.0820. The molecule has 3 N–H and O–H groups in total. The van der Waals surface area contributed by atoms with Gasteiger partial charge in [0.25, 0.3) is 5.91 Å². The molecule has 0 bridgehead atoms. The molecule has 2 aromatic carbocycles. The first kappa shape index (κ1) is 21.6. The quantitative estimate of drug-likeness (QED) is 0.473. The van der Waals surface area contributed by atoms with Gasteiger partial charge < -0.3 is 11.1 Å². The number of primary amides is 1. The molecule has 0 saturated carbocycles. The second-order valence-electron chi connectivity index (χ2n) is 8.66. The van der Waals surface area contributed by atoms with E-state index in [1.54, 1.807) is 23.2 Å². The Morgan fingerprint density at radius 2 is 1.85 bits per heavy atom. The number of pyridine rings is 2. The van der Waals surface area contributed by atoms with Crippen LogP contribution in [0.5, 0.6) is 0 Å². The number of amides is 2. The van der Waals surface area contributed by atoms with Gasteiger partial charge in [-0.2, -0.15) is 0 Å². The topological polar surface area (TPSA) is 101 Å². The number of carbonyl (C=O) groups excluding carboxylic acids is 2. The molecule has 170 valence electrons. The number of para-hydroxylation sites is 1. The smallest absolute Gasteiger partial charge is 0.250 e. The van der Waals surface area contributed by atoms with Gasteiger partial charge in [0.1, 0.15) is 5.82 Å². The summed E-state index contributed by atoms with van der Waals surface area (Å²) in [5.74, 6) is 0.126. The van der Waals surface area contributed by atoms with E-state index in [-0.39, 0.29) is 12.3 Å². The number of anilines is 3. The third-order valence-corrected chi connectivity index (χ3v) is 6.63. The fraction of sp³-hybridized carbons (Fsp3) is 0.185. The van der Waals surface area contributed by atoms with Crippen LogP contribution in [0.3, 0.4) is 0 Å². The van der Waals surface area contributed by atoms with E-state index in [1.165, 1.54) is 0 Å². The van der Waals surface area contributed by atoms with Crippen molar-refractivity contribution in [2.45, 2.75) is 27.2 Å². The number of nitrogens with zero attached hydrogens (tertiary/aromatic N) is 3. The van der Waals surface area contributed by atoms with Crippen LogP contribution in [-0.2, 0) is 11.2 Å². The van der Waals surface area contributed by atoms with Crippen LogP contribution in [0.4, 0.5) is 17.2 Å². The zero-order valence-electron chi connectivity index (χ0n) is 19.6. The molecule has 7 heteroatoms. The van der Waals surface area contributed by atoms with Crippen molar-refractivity contribution in [3.8, 4) is 11.1 Å². The fourth-order valence-corrected chi connectivity index (χ4v) is 4.81. The molecule has 2 aromatic heterocycles. The number of nitrogens with two attached hydrogens (primary N) is 1. The standard InChI is InChI=1S/C27H25N5O2/c1-14-8-22(32-24(33)10-17-6-5-7-20(26(17)32)27(28)34)16(3)25(15(14)2)19-9-18-12-31-23(29-4)11-21(18)30-13-19/h5-9,11-13H,10H2,1-4H3,(H2,28,34)(H,29,31). The van der Waals surface area contributed by atoms with Crippen molar-refractivity contribution in [1.82, 2.24) is 9.97 Å². The normalized spacial score (nSPS) is 12.8. The van der Waals surface area contributed by atoms with E-state index >= 15 is 0 Å². The van der Waals surface area contributed by atoms with Crippen LogP contribution < -0.4 is 16.0 Å². The van der Waals surface area contributed by atoms with Gasteiger partial charge >= 0.3 is 0 Å². The van der Waals surface area contributed by atoms with Gasteiger partial charge in [-0.25, -0.2) is 4.98 Å². The maximum absolute atomic E-state index is 13.2. The summed E-state index contributed by atoms with van der Waals surface area (Å²) in [5, 5.41) is 3.96. The maximum Gasteiger partial charge on any atom is 0.250 e. The number of hydrogen-bond acceptors (Lipinski definition) is 5. The molecule has 0 fully saturated rings. The lowest BCUT2D eigenvalue weighted by Gasteiger charge is -2.25. The van der Waals surface area contributed by atoms with Gasteiger partial charge in [-0.1, -0.05) is 12.1 Å². The molecule has 2 amide bonds. The highest BCUT2D eigenvalue weighted by Crippen LogP contribution is 2.43. The molecule has 34 heavy (non-hydrogen) atoms. The minimum atomic E-state index is -0.551. The summed E-state index contributed by atoms with van der Waals surface area (Å²) in [6.45, 7) is 6.10. The van der Waals surface area contributed by atoms with Crippen molar-refractivity contribution in [1.29, 1.82) is 0 Å². The number of fused-ring (bicyclic) bond motifs is 2. The molecule has 0 spiro atoms. The Morgan fingerprint density at radius 1 is 1.06 bits per heavy atom. The number of rotatable bonds is 4. The van der Waals surface area contributed by atoms with Crippen molar-refractivity contribution in [3.05, 3.63) is 76.6 Å². The van der Waals surface area contributed by atoms with Crippen molar-refractivity contribution < 1.29 is 9.59 Å². The van der Waals surface area contributed by atoms with Crippen LogP contribution in [0.15, 0.2) is 48.8 Å². The van der Waals surface area contributed by atoms with Crippen molar-refractivity contribution in [3.63, 3.8) is 0 Å². The summed E-state index contributed by atoms with van der Waals surface area (Å²) in [4.78, 5) is 36.1. The van der Waals surface area contributed by atoms with Crippen LogP contribution in [0.1, 0.15) is 32.6 Å². The van der Waals surface area contributed by atoms with Crippen LogP contribution in [-0.4, -0.2) is 28.8 Å². The number of nitrogens with one attached hydrogen (secondary N) is 1. The Bertz CT molecular complexity index is 1510. The summed E-state index contributed by atoms with van der Waals surface area (Å²) >= 11 is 0. The average Bonchev–Trinajstić information content (AvgIpc) is 3.16. The van der Waals surface area contributed by atoms with Crippen molar-refractivity contribution in [2.24, 2.45) is 5.73 Å². The largest absolute Gasteiger partial charge is 0.373 e. The van der Waals surface area contributed by atoms with Gasteiger partial charge in [0.2, 0.25) is 5.91 Å². The number of benzene rings is 2. The Hall–Kier alpha value is -4.26. The zero-order valence-corrected chi connectivity index (χ0v) is 19.6. The van der Waals surface area contributed by atoms with Crippen molar-refractivity contribution >= 4 is 39.9 Å².